The summed E-state index contributed by atoms with van der Waals surface area (Å²) in [6.07, 6.45) is 15.4. The Morgan fingerprint density at radius 2 is 0.727 bits per heavy atom. The van der Waals surface area contributed by atoms with E-state index in [1.54, 1.807) is 0 Å². The highest BCUT2D eigenvalue weighted by atomic mass is 28.6. The molecule has 30 nitrogen and oxygen atoms in total. The fraction of sp³-hybridized carbons (Fsp3) is 0.909. The maximum atomic E-state index is 14.0. The van der Waals surface area contributed by atoms with Crippen molar-refractivity contribution in [2.24, 2.45) is 84.7 Å². The van der Waals surface area contributed by atoms with Gasteiger partial charge in [-0.25, -0.2) is 0 Å². The van der Waals surface area contributed by atoms with Gasteiger partial charge < -0.3 is 96.5 Å². The molecule has 12 aliphatic carbocycles. The van der Waals surface area contributed by atoms with Crippen LogP contribution in [0.3, 0.4) is 0 Å². The molecular weight excluding hydrogens is 1820 g/mol. The Hall–Kier alpha value is -2.63. The number of hydrogen-bond donors (Lipinski definition) is 1. The number of esters is 8. The number of rotatable bonds is 26. The van der Waals surface area contributed by atoms with Crippen LogP contribution in [0.1, 0.15) is 280 Å². The fourth-order valence-corrected chi connectivity index (χ4v) is 85.6. The summed E-state index contributed by atoms with van der Waals surface area (Å²) in [6, 6.07) is 4.02. The Kier molecular flexibility index (Phi) is 26.4. The highest BCUT2D eigenvalue weighted by molar-refractivity contribution is 7.03. The monoisotopic (exact) mass is 1970 g/mol. The maximum Gasteiger partial charge on any atom is 0.479 e. The van der Waals surface area contributed by atoms with Crippen molar-refractivity contribution in [3.05, 3.63) is 0 Å². The molecule has 20 bridgehead atoms. The van der Waals surface area contributed by atoms with E-state index in [2.05, 4.69) is 47.0 Å². The zero-order chi connectivity index (χ0) is 93.5. The van der Waals surface area contributed by atoms with Gasteiger partial charge in [-0.3, -0.25) is 38.4 Å². The molecule has 21 fully saturated rings. The van der Waals surface area contributed by atoms with E-state index in [9.17, 15) is 43.5 Å². The smallest absolute Gasteiger partial charge is 0.465 e. The van der Waals surface area contributed by atoms with Gasteiger partial charge in [-0.2, -0.15) is 0 Å². The standard InChI is InChI=1S/C32H60O18Si8.C22H36O7Si2.C18H30O2.C16H26O3/c1-11-31(9,10)28(33)37-26-24-22-25-27(26)38-30(35)32(25,23-24)29(34)36-20-19-21-58-48-55(16-6)42-52(13-3)39-51(12-2)40-53(14-4,44-55)46-57(18-8,50-58)47-54(15-5,41-51)45-56(17-7,43-52)49-58;1-8-21(2,3)18(23)27-16-13-9-15-17(16)28-20(25)22(15,10-13)19(24)26-14-11-30(4,5)29-31(6,7)12-14;1-6-15(2,3)14(19)20-18-9-13-7-16(4,11-18)10-17(5,8-13)12-18;1-4-14(2,3)13(17)19-16-8-11-5-12(9-16)7-15(18,6-11)10-16/h24-27H,11-23H2,1-10H3;13-17H,8-12H2,1-7H3;13H,6-12H2,1-5H3;11-12,18H,4-10H2,1-3H3. The lowest BCUT2D eigenvalue weighted by Gasteiger charge is -2.64. The Morgan fingerprint density at radius 3 is 1.07 bits per heavy atom. The van der Waals surface area contributed by atoms with Crippen molar-refractivity contribution < 1.29 is 135 Å². The van der Waals surface area contributed by atoms with Gasteiger partial charge in [0.25, 0.3) is 0 Å². The predicted molar refractivity (Wildman–Crippen MR) is 486 cm³/mol. The molecule has 724 valence electrons. The quantitative estimate of drug-likeness (QED) is 0.0276. The van der Waals surface area contributed by atoms with E-state index >= 15 is 0 Å². The van der Waals surface area contributed by atoms with E-state index in [1.165, 1.54) is 25.7 Å². The van der Waals surface area contributed by atoms with Gasteiger partial charge in [-0.15, -0.1) is 0 Å². The molecule has 9 aliphatic heterocycles. The van der Waals surface area contributed by atoms with Crippen LogP contribution in [0, 0.1) is 84.7 Å². The molecule has 1 N–H and O–H groups in total. The first-order chi connectivity index (χ1) is 59.4. The number of ether oxygens (including phenoxy) is 8. The highest BCUT2D eigenvalue weighted by Gasteiger charge is 2.84. The summed E-state index contributed by atoms with van der Waals surface area (Å²) in [6.45, 7) is 50.2. The molecule has 0 aromatic heterocycles. The van der Waals surface area contributed by atoms with Gasteiger partial charge in [0.15, 0.2) is 27.5 Å². The summed E-state index contributed by atoms with van der Waals surface area (Å²) in [5.41, 5.74) is -4.93. The first kappa shape index (κ1) is 99.8. The minimum atomic E-state index is -4.08. The molecule has 9 heterocycles. The van der Waals surface area contributed by atoms with Crippen LogP contribution in [0.2, 0.25) is 86.6 Å². The third-order valence-corrected chi connectivity index (χ3v) is 77.3. The predicted octanol–water partition coefficient (Wildman–Crippen LogP) is 16.5. The second kappa shape index (κ2) is 33.9. The van der Waals surface area contributed by atoms with Crippen molar-refractivity contribution in [2.45, 2.75) is 414 Å². The van der Waals surface area contributed by atoms with Gasteiger partial charge >= 0.3 is 118 Å². The molecule has 21 aliphatic rings. The number of fused-ring (bicyclic) bond motifs is 2. The fourth-order valence-electron chi connectivity index (χ4n) is 26.3. The van der Waals surface area contributed by atoms with E-state index in [-0.39, 0.29) is 89.8 Å². The van der Waals surface area contributed by atoms with E-state index in [0.29, 0.717) is 103 Å². The van der Waals surface area contributed by atoms with Crippen molar-refractivity contribution >= 4 is 135 Å². The summed E-state index contributed by atoms with van der Waals surface area (Å²) < 4.78 is 140. The van der Waals surface area contributed by atoms with Gasteiger partial charge in [0.2, 0.25) is 0 Å². The summed E-state index contributed by atoms with van der Waals surface area (Å²) in [5.74, 6) is -1.91. The molecule has 0 aromatic carbocycles. The first-order valence-electron chi connectivity index (χ1n) is 48.9. The van der Waals surface area contributed by atoms with Gasteiger partial charge in [0.05, 0.1) is 33.9 Å². The molecule has 40 heteroatoms. The third kappa shape index (κ3) is 17.9. The molecule has 14 atom stereocenters. The van der Waals surface area contributed by atoms with Crippen LogP contribution in [-0.2, 0) is 130 Å². The van der Waals surface area contributed by atoms with E-state index in [4.69, 9.17) is 91.4 Å². The summed E-state index contributed by atoms with van der Waals surface area (Å²) in [5, 5.41) is 10.6. The summed E-state index contributed by atoms with van der Waals surface area (Å²) >= 11 is 0. The number of hydrogen-bond acceptors (Lipinski definition) is 30. The van der Waals surface area contributed by atoms with Crippen LogP contribution in [0.4, 0.5) is 0 Å². The SMILES string of the molecule is CCC(C)(C)C(=O)OC12CC3CC(C)(CC(C)(C3)C1)C2.CCC(C)(C)C(=O)OC12CC3CC(CC(O)(C3)C1)C2.CCC(C)(C)C(=O)OC1C2CC3C1OC(=O)C3(C(=O)OC1C[Si](C)(C)O[Si](C)(C)C1)C2.CCC(C)(C)C(=O)OC1C2CC3C1OC(=O)C3(C(=O)OCCC[Si]13O[Si]4(CC)O[Si]5(CC)O[Si]6(CC)O[Si](CC)(O4)O[Si](CC)(O[Si](CC)(O6)O[Si](CC)(O5)O1)O3)C2. The molecule has 128 heavy (non-hydrogen) atoms. The minimum Gasteiger partial charge on any atom is -0.465 e. The van der Waals surface area contributed by atoms with Crippen molar-refractivity contribution in [3.63, 3.8) is 0 Å². The largest absolute Gasteiger partial charge is 0.479 e. The molecule has 21 rings (SSSR count). The Bertz CT molecular complexity index is 4130. The molecule has 0 spiro atoms. The topological polar surface area (TPSA) is 351 Å². The average molecular weight is 1970 g/mol. The molecule has 0 amide bonds. The van der Waals surface area contributed by atoms with E-state index < -0.39 is 174 Å². The lowest BCUT2D eigenvalue weighted by atomic mass is 9.43. The van der Waals surface area contributed by atoms with Crippen LogP contribution in [0.25, 0.3) is 0 Å². The second-order valence-corrected chi connectivity index (χ2v) is 81.3. The van der Waals surface area contributed by atoms with Crippen LogP contribution in [0.5, 0.6) is 0 Å². The van der Waals surface area contributed by atoms with Gasteiger partial charge in [-0.1, -0.05) is 90.0 Å². The molecule has 12 saturated carbocycles. The minimum absolute atomic E-state index is 0.0224. The second-order valence-electron chi connectivity index (χ2n) is 46.4. The molecule has 0 radical (unpaired) electrons. The Balaban J connectivity index is 0.000000149. The third-order valence-electron chi connectivity index (χ3n) is 33.2. The van der Waals surface area contributed by atoms with Crippen LogP contribution in [-0.4, -0.2) is 194 Å². The Labute approximate surface area is 770 Å². The first-order valence-corrected chi connectivity index (χ1v) is 70.6. The summed E-state index contributed by atoms with van der Waals surface area (Å²) in [7, 11) is -34.5. The van der Waals surface area contributed by atoms with Crippen LogP contribution < -0.4 is 0 Å². The lowest BCUT2D eigenvalue weighted by molar-refractivity contribution is -0.225. The van der Waals surface area contributed by atoms with E-state index in [0.717, 1.165) is 75.8 Å². The van der Waals surface area contributed by atoms with Gasteiger partial charge in [-0.05, 0) is 239 Å². The van der Waals surface area contributed by atoms with Crippen LogP contribution >= 0.6 is 0 Å². The highest BCUT2D eigenvalue weighted by Crippen LogP contribution is 2.70. The zero-order valence-corrected chi connectivity index (χ0v) is 91.3. The molecular formula is C88H152O30Si10. The molecule has 14 unspecified atom stereocenters. The molecule has 0 aromatic rings. The Morgan fingerprint density at radius 1 is 0.391 bits per heavy atom. The average Bonchev–Trinajstić information content (AvgIpc) is 1.31. The number of aliphatic hydroxyl groups is 1. The summed E-state index contributed by atoms with van der Waals surface area (Å²) in [4.78, 5) is 105. The van der Waals surface area contributed by atoms with Gasteiger partial charge in [0.1, 0.15) is 41.7 Å². The van der Waals surface area contributed by atoms with Crippen molar-refractivity contribution in [3.8, 4) is 0 Å². The maximum absolute atomic E-state index is 14.0. The van der Waals surface area contributed by atoms with Crippen molar-refractivity contribution in [1.82, 2.24) is 0 Å². The van der Waals surface area contributed by atoms with Gasteiger partial charge in [0, 0.05) is 90.5 Å². The van der Waals surface area contributed by atoms with Crippen molar-refractivity contribution in [2.75, 3.05) is 6.61 Å². The number of carbonyl (C=O) groups is 8. The normalized spacial score (nSPS) is 45.1. The van der Waals surface area contributed by atoms with E-state index in [1.807, 2.05) is 125 Å². The molecule has 9 saturated heterocycles. The van der Waals surface area contributed by atoms with Crippen molar-refractivity contribution in [1.29, 1.82) is 0 Å². The van der Waals surface area contributed by atoms with Crippen LogP contribution in [0.15, 0.2) is 0 Å². The number of carbonyl (C=O) groups excluding carboxylic acids is 8. The lowest BCUT2D eigenvalue weighted by Crippen LogP contribution is -2.88. The zero-order valence-electron chi connectivity index (χ0n) is 81.3.